The molecule has 0 saturated heterocycles. The number of hydrogen-bond acceptors (Lipinski definition) is 4. The average Bonchev–Trinajstić information content (AvgIpc) is 2.71. The molecule has 2 aromatic carbocycles. The van der Waals surface area contributed by atoms with Crippen molar-refractivity contribution in [1.82, 2.24) is 4.31 Å². The third-order valence-electron chi connectivity index (χ3n) is 4.27. The molecular formula is C20H28N4O3S2. The van der Waals surface area contributed by atoms with Crippen molar-refractivity contribution in [2.75, 3.05) is 36.8 Å². The number of nitrogens with one attached hydrogen (secondary N) is 1. The van der Waals surface area contributed by atoms with Crippen molar-refractivity contribution in [2.24, 2.45) is 5.73 Å². The van der Waals surface area contributed by atoms with Crippen LogP contribution in [0.5, 0.6) is 0 Å². The van der Waals surface area contributed by atoms with Gasteiger partial charge in [-0.15, -0.1) is 0 Å². The molecular weight excluding hydrogens is 408 g/mol. The third kappa shape index (κ3) is 5.88. The molecule has 2 atom stereocenters. The molecule has 29 heavy (non-hydrogen) atoms. The summed E-state index contributed by atoms with van der Waals surface area (Å²) in [5.41, 5.74) is 7.21. The summed E-state index contributed by atoms with van der Waals surface area (Å²) in [4.78, 5) is 14.9. The summed E-state index contributed by atoms with van der Waals surface area (Å²) in [6.07, 6.45) is 0.957. The van der Waals surface area contributed by atoms with Crippen molar-refractivity contribution < 1.29 is 13.2 Å². The van der Waals surface area contributed by atoms with Gasteiger partial charge >= 0.3 is 0 Å². The highest BCUT2D eigenvalue weighted by Crippen LogP contribution is 2.29. The van der Waals surface area contributed by atoms with Gasteiger partial charge in [0, 0.05) is 18.7 Å². The van der Waals surface area contributed by atoms with Crippen LogP contribution in [0.2, 0.25) is 0 Å². The SMILES string of the molecule is CCCN(CC)c1ccc(C(N)=O)cc1NS(=O)c1ccc(S(=O)N(C)C)cc1. The largest absolute Gasteiger partial charge is 0.370 e. The molecule has 0 bridgehead atoms. The molecule has 0 aliphatic heterocycles. The molecule has 0 heterocycles. The summed E-state index contributed by atoms with van der Waals surface area (Å²) in [5, 5.41) is 0. The maximum atomic E-state index is 12.9. The molecule has 7 nitrogen and oxygen atoms in total. The van der Waals surface area contributed by atoms with Crippen LogP contribution in [0.25, 0.3) is 0 Å². The molecule has 1 amide bonds. The molecule has 2 rings (SSSR count). The minimum absolute atomic E-state index is 0.345. The molecule has 9 heteroatoms. The second-order valence-corrected chi connectivity index (χ2v) is 9.49. The molecule has 2 aromatic rings. The summed E-state index contributed by atoms with van der Waals surface area (Å²) >= 11 is 0. The van der Waals surface area contributed by atoms with E-state index < -0.39 is 27.9 Å². The van der Waals surface area contributed by atoms with Crippen LogP contribution in [0.4, 0.5) is 11.4 Å². The normalized spacial score (nSPS) is 13.1. The summed E-state index contributed by atoms with van der Waals surface area (Å²) in [6.45, 7) is 5.74. The standard InChI is InChI=1S/C20H28N4O3S2/c1-5-13-24(6-2)19-12-7-15(20(21)25)14-18(19)22-28(26)16-8-10-17(11-9-16)29(27)23(3)4/h7-12,14,22H,5-6,13H2,1-4H3,(H2,21,25). The highest BCUT2D eigenvalue weighted by Gasteiger charge is 2.15. The van der Waals surface area contributed by atoms with E-state index in [2.05, 4.69) is 16.5 Å². The first-order valence-corrected chi connectivity index (χ1v) is 11.6. The number of nitrogens with zero attached hydrogens (tertiary/aromatic N) is 2. The topological polar surface area (TPSA) is 95.7 Å². The Hall–Kier alpha value is -2.23. The Morgan fingerprint density at radius 3 is 2.17 bits per heavy atom. The number of nitrogens with two attached hydrogens (primary N) is 1. The fraction of sp³-hybridized carbons (Fsp3) is 0.350. The monoisotopic (exact) mass is 436 g/mol. The van der Waals surface area contributed by atoms with E-state index in [0.717, 1.165) is 25.2 Å². The van der Waals surface area contributed by atoms with Crippen LogP contribution >= 0.6 is 0 Å². The van der Waals surface area contributed by atoms with Crippen LogP contribution in [0, 0.1) is 0 Å². The Bertz CT molecular complexity index is 901. The molecule has 0 spiro atoms. The van der Waals surface area contributed by atoms with Crippen LogP contribution < -0.4 is 15.4 Å². The molecule has 2 unspecified atom stereocenters. The van der Waals surface area contributed by atoms with Crippen molar-refractivity contribution >= 4 is 39.3 Å². The van der Waals surface area contributed by atoms with Gasteiger partial charge in [0.05, 0.1) is 21.2 Å². The number of hydrogen-bond donors (Lipinski definition) is 2. The predicted octanol–water partition coefficient (Wildman–Crippen LogP) is 2.74. The molecule has 0 aliphatic carbocycles. The average molecular weight is 437 g/mol. The maximum Gasteiger partial charge on any atom is 0.248 e. The van der Waals surface area contributed by atoms with Crippen molar-refractivity contribution in [3.05, 3.63) is 48.0 Å². The minimum Gasteiger partial charge on any atom is -0.370 e. The predicted molar refractivity (Wildman–Crippen MR) is 120 cm³/mol. The van der Waals surface area contributed by atoms with Crippen molar-refractivity contribution in [3.63, 3.8) is 0 Å². The molecule has 0 fully saturated rings. The number of amides is 1. The number of carbonyl (C=O) groups is 1. The van der Waals surface area contributed by atoms with Crippen LogP contribution in [0.15, 0.2) is 52.3 Å². The lowest BCUT2D eigenvalue weighted by molar-refractivity contribution is 0.100. The van der Waals surface area contributed by atoms with E-state index in [9.17, 15) is 13.2 Å². The Labute approximate surface area is 177 Å². The number of carbonyl (C=O) groups excluding carboxylic acids is 1. The van der Waals surface area contributed by atoms with Gasteiger partial charge in [0.1, 0.15) is 22.0 Å². The summed E-state index contributed by atoms with van der Waals surface area (Å²) in [6, 6.07) is 11.9. The fourth-order valence-electron chi connectivity index (χ4n) is 2.81. The molecule has 158 valence electrons. The van der Waals surface area contributed by atoms with Gasteiger partial charge in [-0.25, -0.2) is 12.7 Å². The minimum atomic E-state index is -1.56. The van der Waals surface area contributed by atoms with E-state index >= 15 is 0 Å². The van der Waals surface area contributed by atoms with Gasteiger partial charge in [-0.2, -0.15) is 0 Å². The van der Waals surface area contributed by atoms with E-state index in [0.29, 0.717) is 21.0 Å². The fourth-order valence-corrected chi connectivity index (χ4v) is 4.47. The van der Waals surface area contributed by atoms with Gasteiger partial charge < -0.3 is 10.6 Å². The third-order valence-corrected chi connectivity index (χ3v) is 6.72. The van der Waals surface area contributed by atoms with Crippen molar-refractivity contribution in [1.29, 1.82) is 0 Å². The molecule has 0 aromatic heterocycles. The Kier molecular flexibility index (Phi) is 8.36. The van der Waals surface area contributed by atoms with Gasteiger partial charge in [-0.1, -0.05) is 6.92 Å². The Morgan fingerprint density at radius 2 is 1.66 bits per heavy atom. The van der Waals surface area contributed by atoms with E-state index in [1.165, 1.54) is 0 Å². The van der Waals surface area contributed by atoms with Crippen LogP contribution in [-0.4, -0.2) is 45.8 Å². The number of anilines is 2. The van der Waals surface area contributed by atoms with Gasteiger partial charge in [0.15, 0.2) is 0 Å². The first kappa shape index (κ1) is 23.1. The van der Waals surface area contributed by atoms with Gasteiger partial charge in [-0.05, 0) is 69.9 Å². The zero-order chi connectivity index (χ0) is 21.6. The summed E-state index contributed by atoms with van der Waals surface area (Å²) in [7, 11) is 0.635. The summed E-state index contributed by atoms with van der Waals surface area (Å²) < 4.78 is 29.6. The highest BCUT2D eigenvalue weighted by atomic mass is 32.2. The first-order chi connectivity index (χ1) is 13.8. The summed E-state index contributed by atoms with van der Waals surface area (Å²) in [5.74, 6) is -0.542. The van der Waals surface area contributed by atoms with Crippen LogP contribution in [0.1, 0.15) is 30.6 Å². The van der Waals surface area contributed by atoms with E-state index in [1.54, 1.807) is 54.8 Å². The van der Waals surface area contributed by atoms with E-state index in [4.69, 9.17) is 5.73 Å². The second kappa shape index (κ2) is 10.5. The smallest absolute Gasteiger partial charge is 0.248 e. The lowest BCUT2D eigenvalue weighted by Gasteiger charge is -2.25. The lowest BCUT2D eigenvalue weighted by Crippen LogP contribution is -2.25. The highest BCUT2D eigenvalue weighted by molar-refractivity contribution is 7.86. The second-order valence-electron chi connectivity index (χ2n) is 6.58. The van der Waals surface area contributed by atoms with Gasteiger partial charge in [0.25, 0.3) is 0 Å². The number of benzene rings is 2. The lowest BCUT2D eigenvalue weighted by atomic mass is 10.1. The Morgan fingerprint density at radius 1 is 1.03 bits per heavy atom. The Balaban J connectivity index is 2.33. The molecule has 0 saturated carbocycles. The van der Waals surface area contributed by atoms with E-state index in [1.807, 2.05) is 13.0 Å². The van der Waals surface area contributed by atoms with Crippen LogP contribution in [0.3, 0.4) is 0 Å². The molecule has 0 aliphatic rings. The van der Waals surface area contributed by atoms with Crippen molar-refractivity contribution in [3.8, 4) is 0 Å². The maximum absolute atomic E-state index is 12.9. The van der Waals surface area contributed by atoms with E-state index in [-0.39, 0.29) is 0 Å². The quantitative estimate of drug-likeness (QED) is 0.599. The zero-order valence-electron chi connectivity index (χ0n) is 17.2. The van der Waals surface area contributed by atoms with Gasteiger partial charge in [0.2, 0.25) is 5.91 Å². The van der Waals surface area contributed by atoms with Gasteiger partial charge in [-0.3, -0.25) is 9.52 Å². The number of rotatable bonds is 10. The van der Waals surface area contributed by atoms with Crippen LogP contribution in [-0.2, 0) is 22.0 Å². The first-order valence-electron chi connectivity index (χ1n) is 9.35. The number of primary amides is 1. The van der Waals surface area contributed by atoms with Crippen molar-refractivity contribution in [2.45, 2.75) is 30.1 Å². The molecule has 0 radical (unpaired) electrons. The zero-order valence-corrected chi connectivity index (χ0v) is 18.8. The molecule has 3 N–H and O–H groups in total.